The van der Waals surface area contributed by atoms with Crippen molar-refractivity contribution in [2.45, 2.75) is 50.8 Å². The van der Waals surface area contributed by atoms with E-state index in [1.165, 1.54) is 18.9 Å². The Morgan fingerprint density at radius 2 is 2.00 bits per heavy atom. The standard InChI is InChI=1S/C20H29FN2O3/c21-18-8-4-3-6-15(18)10-22-11-17(24)13-23-12-16-7-2-1-5-14(16)9-19(23)20(25)26/h3-4,6,8,14,16-17,19,22,24H,1-2,5,7,9-13H2,(H,25,26)/t14-,16+,17+,19-/m0/s1. The number of benzene rings is 1. The van der Waals surface area contributed by atoms with Crippen molar-refractivity contribution in [3.8, 4) is 0 Å². The highest BCUT2D eigenvalue weighted by Gasteiger charge is 2.40. The number of carbonyl (C=O) groups is 1. The van der Waals surface area contributed by atoms with Crippen molar-refractivity contribution < 1.29 is 19.4 Å². The van der Waals surface area contributed by atoms with Crippen LogP contribution in [0.4, 0.5) is 4.39 Å². The number of hydrogen-bond donors (Lipinski definition) is 3. The molecule has 0 bridgehead atoms. The molecule has 2 fully saturated rings. The molecule has 4 atom stereocenters. The summed E-state index contributed by atoms with van der Waals surface area (Å²) in [6, 6.07) is 6.05. The number of aliphatic hydroxyl groups is 1. The van der Waals surface area contributed by atoms with Crippen LogP contribution >= 0.6 is 0 Å². The van der Waals surface area contributed by atoms with Crippen molar-refractivity contribution in [1.29, 1.82) is 0 Å². The van der Waals surface area contributed by atoms with Gasteiger partial charge in [0, 0.05) is 31.7 Å². The first-order chi connectivity index (χ1) is 12.5. The highest BCUT2D eigenvalue weighted by Crippen LogP contribution is 2.38. The fraction of sp³-hybridized carbons (Fsp3) is 0.650. The first-order valence-electron chi connectivity index (χ1n) is 9.63. The average Bonchev–Trinajstić information content (AvgIpc) is 2.62. The number of likely N-dealkylation sites (tertiary alicyclic amines) is 1. The summed E-state index contributed by atoms with van der Waals surface area (Å²) < 4.78 is 13.6. The number of aliphatic hydroxyl groups excluding tert-OH is 1. The van der Waals surface area contributed by atoms with E-state index >= 15 is 0 Å². The molecule has 0 radical (unpaired) electrons. The lowest BCUT2D eigenvalue weighted by Crippen LogP contribution is -2.54. The van der Waals surface area contributed by atoms with Crippen LogP contribution < -0.4 is 5.32 Å². The third-order valence-corrected chi connectivity index (χ3v) is 5.89. The van der Waals surface area contributed by atoms with Gasteiger partial charge in [-0.25, -0.2) is 4.39 Å². The summed E-state index contributed by atoms with van der Waals surface area (Å²) in [6.07, 6.45) is 4.73. The Hall–Kier alpha value is -1.50. The summed E-state index contributed by atoms with van der Waals surface area (Å²) in [4.78, 5) is 13.6. The number of fused-ring (bicyclic) bond motifs is 1. The van der Waals surface area contributed by atoms with E-state index in [-0.39, 0.29) is 5.82 Å². The zero-order valence-corrected chi connectivity index (χ0v) is 15.1. The van der Waals surface area contributed by atoms with Gasteiger partial charge in [-0.1, -0.05) is 37.5 Å². The largest absolute Gasteiger partial charge is 0.480 e. The second-order valence-corrected chi connectivity index (χ2v) is 7.72. The maximum atomic E-state index is 13.6. The van der Waals surface area contributed by atoms with Gasteiger partial charge in [-0.15, -0.1) is 0 Å². The van der Waals surface area contributed by atoms with E-state index in [0.717, 1.165) is 19.4 Å². The smallest absolute Gasteiger partial charge is 0.320 e. The average molecular weight is 364 g/mol. The fourth-order valence-electron chi connectivity index (χ4n) is 4.51. The molecule has 0 spiro atoms. The highest BCUT2D eigenvalue weighted by molar-refractivity contribution is 5.73. The summed E-state index contributed by atoms with van der Waals surface area (Å²) in [5, 5.41) is 23.0. The first kappa shape index (κ1) is 19.3. The lowest BCUT2D eigenvalue weighted by Gasteiger charge is -2.45. The van der Waals surface area contributed by atoms with Crippen LogP contribution in [-0.4, -0.2) is 52.9 Å². The minimum absolute atomic E-state index is 0.264. The van der Waals surface area contributed by atoms with Crippen molar-refractivity contribution in [2.24, 2.45) is 11.8 Å². The maximum absolute atomic E-state index is 13.6. The fourth-order valence-corrected chi connectivity index (χ4v) is 4.51. The molecular formula is C20H29FN2O3. The summed E-state index contributed by atoms with van der Waals surface area (Å²) in [7, 11) is 0. The van der Waals surface area contributed by atoms with Gasteiger partial charge in [-0.2, -0.15) is 0 Å². The van der Waals surface area contributed by atoms with E-state index in [9.17, 15) is 19.4 Å². The van der Waals surface area contributed by atoms with E-state index in [0.29, 0.717) is 43.5 Å². The predicted molar refractivity (Wildman–Crippen MR) is 97.2 cm³/mol. The molecule has 0 aromatic heterocycles. The summed E-state index contributed by atoms with van der Waals surface area (Å²) in [5.74, 6) is 0.00990. The van der Waals surface area contributed by atoms with E-state index in [2.05, 4.69) is 5.32 Å². The summed E-state index contributed by atoms with van der Waals surface area (Å²) in [6.45, 7) is 1.75. The molecule has 144 valence electrons. The number of hydrogen-bond acceptors (Lipinski definition) is 4. The van der Waals surface area contributed by atoms with Gasteiger partial charge in [0.25, 0.3) is 0 Å². The van der Waals surface area contributed by atoms with Crippen LogP contribution in [0.1, 0.15) is 37.7 Å². The Morgan fingerprint density at radius 3 is 2.73 bits per heavy atom. The molecule has 1 aliphatic carbocycles. The Balaban J connectivity index is 1.50. The third kappa shape index (κ3) is 4.81. The van der Waals surface area contributed by atoms with Crippen molar-refractivity contribution in [3.63, 3.8) is 0 Å². The molecule has 2 aliphatic rings. The lowest BCUT2D eigenvalue weighted by atomic mass is 9.73. The van der Waals surface area contributed by atoms with Gasteiger partial charge in [0.2, 0.25) is 0 Å². The Bertz CT molecular complexity index is 612. The molecule has 0 amide bonds. The first-order valence-corrected chi connectivity index (χ1v) is 9.63. The lowest BCUT2D eigenvalue weighted by molar-refractivity contribution is -0.147. The van der Waals surface area contributed by atoms with Crippen LogP contribution in [0.25, 0.3) is 0 Å². The van der Waals surface area contributed by atoms with Gasteiger partial charge in [0.1, 0.15) is 11.9 Å². The van der Waals surface area contributed by atoms with Gasteiger partial charge >= 0.3 is 5.97 Å². The van der Waals surface area contributed by atoms with Gasteiger partial charge in [-0.3, -0.25) is 9.69 Å². The van der Waals surface area contributed by atoms with Crippen LogP contribution in [-0.2, 0) is 11.3 Å². The highest BCUT2D eigenvalue weighted by atomic mass is 19.1. The topological polar surface area (TPSA) is 72.8 Å². The molecule has 1 aliphatic heterocycles. The van der Waals surface area contributed by atoms with Crippen LogP contribution in [0.2, 0.25) is 0 Å². The number of carboxylic acids is 1. The van der Waals surface area contributed by atoms with Gasteiger partial charge < -0.3 is 15.5 Å². The van der Waals surface area contributed by atoms with Crippen LogP contribution in [0, 0.1) is 17.7 Å². The Kier molecular flexibility index (Phi) is 6.62. The predicted octanol–water partition coefficient (Wildman–Crippen LogP) is 2.24. The van der Waals surface area contributed by atoms with Crippen molar-refractivity contribution in [3.05, 3.63) is 35.6 Å². The summed E-state index contributed by atoms with van der Waals surface area (Å²) >= 11 is 0. The van der Waals surface area contributed by atoms with Crippen LogP contribution in [0.3, 0.4) is 0 Å². The monoisotopic (exact) mass is 364 g/mol. The molecule has 1 saturated carbocycles. The molecule has 1 aromatic rings. The number of aliphatic carboxylic acids is 1. The number of nitrogens with one attached hydrogen (secondary N) is 1. The minimum atomic E-state index is -0.791. The molecule has 3 rings (SSSR count). The van der Waals surface area contributed by atoms with Crippen molar-refractivity contribution in [2.75, 3.05) is 19.6 Å². The number of halogens is 1. The number of carboxylic acid groups (broad SMARTS) is 1. The zero-order valence-electron chi connectivity index (χ0n) is 15.1. The van der Waals surface area contributed by atoms with Crippen LogP contribution in [0.15, 0.2) is 24.3 Å². The van der Waals surface area contributed by atoms with Gasteiger partial charge in [0.05, 0.1) is 6.10 Å². The maximum Gasteiger partial charge on any atom is 0.320 e. The van der Waals surface area contributed by atoms with E-state index < -0.39 is 18.1 Å². The van der Waals surface area contributed by atoms with Crippen molar-refractivity contribution in [1.82, 2.24) is 10.2 Å². The number of β-amino-alcohol motifs (C(OH)–C–C–N with tert-alkyl or cyclic N) is 1. The Morgan fingerprint density at radius 1 is 1.27 bits per heavy atom. The van der Waals surface area contributed by atoms with Gasteiger partial charge in [-0.05, 0) is 30.7 Å². The molecule has 1 heterocycles. The molecule has 5 nitrogen and oxygen atoms in total. The van der Waals surface area contributed by atoms with Crippen molar-refractivity contribution >= 4 is 5.97 Å². The molecule has 6 heteroatoms. The molecular weight excluding hydrogens is 335 g/mol. The van der Waals surface area contributed by atoms with Gasteiger partial charge in [0.15, 0.2) is 0 Å². The second-order valence-electron chi connectivity index (χ2n) is 7.72. The van der Waals surface area contributed by atoms with E-state index in [1.54, 1.807) is 18.2 Å². The SMILES string of the molecule is O=C(O)[C@@H]1C[C@@H]2CCCC[C@@H]2CN1C[C@H](O)CNCc1ccccc1F. The molecule has 0 unspecified atom stereocenters. The second kappa shape index (κ2) is 8.93. The molecule has 1 aromatic carbocycles. The van der Waals surface area contributed by atoms with E-state index in [1.807, 2.05) is 4.90 Å². The third-order valence-electron chi connectivity index (χ3n) is 5.89. The number of piperidine rings is 1. The minimum Gasteiger partial charge on any atom is -0.480 e. The molecule has 26 heavy (non-hydrogen) atoms. The number of rotatable bonds is 7. The molecule has 1 saturated heterocycles. The quantitative estimate of drug-likeness (QED) is 0.692. The molecule has 3 N–H and O–H groups in total. The normalized spacial score (nSPS) is 27.7. The summed E-state index contributed by atoms with van der Waals surface area (Å²) in [5.41, 5.74) is 0.561. The zero-order chi connectivity index (χ0) is 18.5. The van der Waals surface area contributed by atoms with Crippen LogP contribution in [0.5, 0.6) is 0 Å². The Labute approximate surface area is 154 Å². The number of nitrogens with zero attached hydrogens (tertiary/aromatic N) is 1. The van der Waals surface area contributed by atoms with E-state index in [4.69, 9.17) is 0 Å².